The lowest BCUT2D eigenvalue weighted by Gasteiger charge is -2.00. The maximum Gasteiger partial charge on any atom is 0.306 e. The Labute approximate surface area is 97.4 Å². The average molecular weight is 269 g/mol. The predicted octanol–water partition coefficient (Wildman–Crippen LogP) is 3.10. The van der Waals surface area contributed by atoms with E-state index < -0.39 is 5.97 Å². The van der Waals surface area contributed by atoms with Gasteiger partial charge >= 0.3 is 5.97 Å². The molecule has 2 nitrogen and oxygen atoms in total. The van der Waals surface area contributed by atoms with Gasteiger partial charge in [-0.15, -0.1) is 0 Å². The van der Waals surface area contributed by atoms with E-state index in [1.54, 1.807) is 0 Å². The van der Waals surface area contributed by atoms with Crippen LogP contribution in [0.3, 0.4) is 0 Å². The van der Waals surface area contributed by atoms with Crippen molar-refractivity contribution >= 4 is 21.9 Å². The molecule has 1 fully saturated rings. The number of rotatable bonds is 4. The molecule has 1 aromatic rings. The van der Waals surface area contributed by atoms with Crippen LogP contribution in [0.25, 0.3) is 0 Å². The Hall–Kier alpha value is -0.830. The van der Waals surface area contributed by atoms with Gasteiger partial charge in [0.1, 0.15) is 0 Å². The zero-order valence-electron chi connectivity index (χ0n) is 8.32. The van der Waals surface area contributed by atoms with E-state index in [4.69, 9.17) is 5.11 Å². The fraction of sp³-hybridized carbons (Fsp3) is 0.417. The molecule has 3 heteroatoms. The molecule has 1 aliphatic carbocycles. The van der Waals surface area contributed by atoms with Gasteiger partial charge in [-0.3, -0.25) is 4.79 Å². The van der Waals surface area contributed by atoms with Crippen LogP contribution in [-0.4, -0.2) is 11.1 Å². The molecule has 0 heterocycles. The van der Waals surface area contributed by atoms with Crippen molar-refractivity contribution in [3.63, 3.8) is 0 Å². The van der Waals surface area contributed by atoms with Crippen LogP contribution in [0, 0.1) is 11.8 Å². The minimum Gasteiger partial charge on any atom is -0.481 e. The molecule has 0 amide bonds. The molecule has 1 saturated carbocycles. The monoisotopic (exact) mass is 268 g/mol. The smallest absolute Gasteiger partial charge is 0.306 e. The van der Waals surface area contributed by atoms with Gasteiger partial charge in [-0.2, -0.15) is 0 Å². The molecule has 1 N–H and O–H groups in total. The SMILES string of the molecule is O=C(O)[C@@H]1C[C@H]1CCc1cccc(Br)c1. The van der Waals surface area contributed by atoms with Crippen molar-refractivity contribution in [1.82, 2.24) is 0 Å². The molecule has 0 bridgehead atoms. The van der Waals surface area contributed by atoms with E-state index in [1.807, 2.05) is 12.1 Å². The first-order valence-corrected chi connectivity index (χ1v) is 5.93. The number of aryl methyl sites for hydroxylation is 1. The van der Waals surface area contributed by atoms with Crippen LogP contribution in [0.2, 0.25) is 0 Å². The van der Waals surface area contributed by atoms with Crippen LogP contribution in [-0.2, 0) is 11.2 Å². The van der Waals surface area contributed by atoms with Crippen molar-refractivity contribution in [1.29, 1.82) is 0 Å². The molecule has 0 aromatic heterocycles. The number of hydrogen-bond donors (Lipinski definition) is 1. The summed E-state index contributed by atoms with van der Waals surface area (Å²) in [4.78, 5) is 10.6. The summed E-state index contributed by atoms with van der Waals surface area (Å²) in [5.41, 5.74) is 1.28. The van der Waals surface area contributed by atoms with Gasteiger partial charge in [0.25, 0.3) is 0 Å². The van der Waals surface area contributed by atoms with Crippen LogP contribution in [0.15, 0.2) is 28.7 Å². The molecular weight excluding hydrogens is 256 g/mol. The summed E-state index contributed by atoms with van der Waals surface area (Å²) in [5, 5.41) is 8.76. The molecule has 0 radical (unpaired) electrons. The summed E-state index contributed by atoms with van der Waals surface area (Å²) in [7, 11) is 0. The van der Waals surface area contributed by atoms with E-state index in [0.29, 0.717) is 5.92 Å². The molecule has 15 heavy (non-hydrogen) atoms. The highest BCUT2D eigenvalue weighted by molar-refractivity contribution is 9.10. The lowest BCUT2D eigenvalue weighted by Crippen LogP contribution is -2.00. The highest BCUT2D eigenvalue weighted by atomic mass is 79.9. The quantitative estimate of drug-likeness (QED) is 0.911. The van der Waals surface area contributed by atoms with Gasteiger partial charge in [-0.05, 0) is 42.9 Å². The number of aliphatic carboxylic acids is 1. The number of halogens is 1. The second-order valence-corrected chi connectivity index (χ2v) is 5.02. The lowest BCUT2D eigenvalue weighted by molar-refractivity contribution is -0.138. The molecule has 2 rings (SSSR count). The standard InChI is InChI=1S/C12H13BrO2/c13-10-3-1-2-8(6-10)4-5-9-7-11(9)12(14)15/h1-3,6,9,11H,4-5,7H2,(H,14,15)/t9-,11-/m1/s1. The van der Waals surface area contributed by atoms with Crippen LogP contribution >= 0.6 is 15.9 Å². The number of hydrogen-bond acceptors (Lipinski definition) is 1. The second-order valence-electron chi connectivity index (χ2n) is 4.11. The maximum atomic E-state index is 10.6. The Kier molecular flexibility index (Phi) is 3.10. The third-order valence-corrected chi connectivity index (χ3v) is 3.43. The van der Waals surface area contributed by atoms with Crippen molar-refractivity contribution in [2.45, 2.75) is 19.3 Å². The fourth-order valence-electron chi connectivity index (χ4n) is 1.91. The van der Waals surface area contributed by atoms with Crippen LogP contribution in [0.5, 0.6) is 0 Å². The molecule has 0 aliphatic heterocycles. The topological polar surface area (TPSA) is 37.3 Å². The summed E-state index contributed by atoms with van der Waals surface area (Å²) in [5.74, 6) is -0.298. The first-order valence-electron chi connectivity index (χ1n) is 5.14. The fourth-order valence-corrected chi connectivity index (χ4v) is 2.36. The third kappa shape index (κ3) is 2.81. The van der Waals surface area contributed by atoms with E-state index in [9.17, 15) is 4.79 Å². The highest BCUT2D eigenvalue weighted by Crippen LogP contribution is 2.42. The predicted molar refractivity (Wildman–Crippen MR) is 61.7 cm³/mol. The summed E-state index contributed by atoms with van der Waals surface area (Å²) < 4.78 is 1.09. The minimum atomic E-state index is -0.630. The van der Waals surface area contributed by atoms with Gasteiger partial charge in [0, 0.05) is 4.47 Å². The van der Waals surface area contributed by atoms with Crippen molar-refractivity contribution in [3.05, 3.63) is 34.3 Å². The lowest BCUT2D eigenvalue weighted by atomic mass is 10.1. The Balaban J connectivity index is 1.82. The van der Waals surface area contributed by atoms with Crippen molar-refractivity contribution in [2.24, 2.45) is 11.8 Å². The Morgan fingerprint density at radius 1 is 1.53 bits per heavy atom. The molecular formula is C12H13BrO2. The first-order chi connectivity index (χ1) is 7.16. The zero-order chi connectivity index (χ0) is 10.8. The van der Waals surface area contributed by atoms with Crippen LogP contribution in [0.4, 0.5) is 0 Å². The van der Waals surface area contributed by atoms with E-state index in [0.717, 1.165) is 23.7 Å². The zero-order valence-corrected chi connectivity index (χ0v) is 9.90. The number of carbonyl (C=O) groups is 1. The number of carboxylic acid groups (broad SMARTS) is 1. The third-order valence-electron chi connectivity index (χ3n) is 2.93. The molecule has 80 valence electrons. The van der Waals surface area contributed by atoms with E-state index in [2.05, 4.69) is 28.1 Å². The van der Waals surface area contributed by atoms with Gasteiger partial charge in [-0.1, -0.05) is 28.1 Å². The molecule has 2 atom stereocenters. The van der Waals surface area contributed by atoms with Crippen molar-refractivity contribution < 1.29 is 9.90 Å². The van der Waals surface area contributed by atoms with E-state index >= 15 is 0 Å². The Bertz CT molecular complexity index is 376. The van der Waals surface area contributed by atoms with Gasteiger partial charge in [0.15, 0.2) is 0 Å². The summed E-state index contributed by atoms with van der Waals surface area (Å²) in [6, 6.07) is 8.20. The first kappa shape index (κ1) is 10.7. The van der Waals surface area contributed by atoms with Gasteiger partial charge in [0.2, 0.25) is 0 Å². The molecule has 0 spiro atoms. The van der Waals surface area contributed by atoms with Gasteiger partial charge < -0.3 is 5.11 Å². The van der Waals surface area contributed by atoms with Crippen LogP contribution < -0.4 is 0 Å². The maximum absolute atomic E-state index is 10.6. The molecule has 1 aromatic carbocycles. The minimum absolute atomic E-state index is 0.0721. The van der Waals surface area contributed by atoms with Crippen molar-refractivity contribution in [3.8, 4) is 0 Å². The number of carboxylic acids is 1. The second kappa shape index (κ2) is 4.35. The normalized spacial score (nSPS) is 23.8. The highest BCUT2D eigenvalue weighted by Gasteiger charge is 2.42. The summed E-state index contributed by atoms with van der Waals surface area (Å²) in [6.07, 6.45) is 2.84. The van der Waals surface area contributed by atoms with Crippen LogP contribution in [0.1, 0.15) is 18.4 Å². The van der Waals surface area contributed by atoms with Crippen molar-refractivity contribution in [2.75, 3.05) is 0 Å². The molecule has 1 aliphatic rings. The van der Waals surface area contributed by atoms with Gasteiger partial charge in [0.05, 0.1) is 5.92 Å². The Morgan fingerprint density at radius 2 is 2.33 bits per heavy atom. The van der Waals surface area contributed by atoms with Gasteiger partial charge in [-0.25, -0.2) is 0 Å². The largest absolute Gasteiger partial charge is 0.481 e. The molecule has 0 unspecified atom stereocenters. The molecule has 0 saturated heterocycles. The Morgan fingerprint density at radius 3 is 2.93 bits per heavy atom. The summed E-state index contributed by atoms with van der Waals surface area (Å²) in [6.45, 7) is 0. The number of benzene rings is 1. The summed E-state index contributed by atoms with van der Waals surface area (Å²) >= 11 is 3.43. The van der Waals surface area contributed by atoms with E-state index in [1.165, 1.54) is 5.56 Å². The average Bonchev–Trinajstić information content (AvgIpc) is 2.94. The van der Waals surface area contributed by atoms with E-state index in [-0.39, 0.29) is 5.92 Å².